The summed E-state index contributed by atoms with van der Waals surface area (Å²) in [5.74, 6) is -0.180. The van der Waals surface area contributed by atoms with Gasteiger partial charge in [0.25, 0.3) is 0 Å². The number of hydrazone groups is 1. The van der Waals surface area contributed by atoms with E-state index in [0.717, 1.165) is 23.4 Å². The first kappa shape index (κ1) is 14.8. The van der Waals surface area contributed by atoms with E-state index in [9.17, 15) is 4.79 Å². The Kier molecular flexibility index (Phi) is 4.05. The third kappa shape index (κ3) is 3.06. The molecule has 0 aliphatic rings. The summed E-state index contributed by atoms with van der Waals surface area (Å²) in [6.45, 7) is 2.86. The van der Waals surface area contributed by atoms with Crippen molar-refractivity contribution in [3.05, 3.63) is 59.9 Å². The minimum absolute atomic E-state index is 0.243. The largest absolute Gasteiger partial charge is 0.478 e. The van der Waals surface area contributed by atoms with E-state index in [-0.39, 0.29) is 5.56 Å². The molecule has 1 heterocycles. The van der Waals surface area contributed by atoms with Crippen LogP contribution in [-0.2, 0) is 6.54 Å². The minimum Gasteiger partial charge on any atom is -0.478 e. The second-order valence-corrected chi connectivity index (χ2v) is 4.96. The zero-order valence-electron chi connectivity index (χ0n) is 12.6. The van der Waals surface area contributed by atoms with Crippen molar-refractivity contribution in [3.8, 4) is 0 Å². The van der Waals surface area contributed by atoms with Gasteiger partial charge in [0, 0.05) is 6.54 Å². The molecule has 116 valence electrons. The van der Waals surface area contributed by atoms with E-state index in [0.29, 0.717) is 5.69 Å². The van der Waals surface area contributed by atoms with Gasteiger partial charge in [0.05, 0.1) is 28.5 Å². The van der Waals surface area contributed by atoms with E-state index in [2.05, 4.69) is 27.0 Å². The van der Waals surface area contributed by atoms with Crippen LogP contribution in [0.5, 0.6) is 0 Å². The van der Waals surface area contributed by atoms with E-state index in [1.165, 1.54) is 12.1 Å². The highest BCUT2D eigenvalue weighted by Gasteiger charge is 2.06. The summed E-state index contributed by atoms with van der Waals surface area (Å²) in [4.78, 5) is 15.4. The molecule has 0 unspecified atom stereocenters. The number of aryl methyl sites for hydroxylation is 1. The van der Waals surface area contributed by atoms with Gasteiger partial charge in [0.15, 0.2) is 5.82 Å². The lowest BCUT2D eigenvalue weighted by Gasteiger charge is -2.03. The molecule has 0 bridgehead atoms. The maximum atomic E-state index is 10.8. The monoisotopic (exact) mass is 308 g/mol. The van der Waals surface area contributed by atoms with Gasteiger partial charge in [0.2, 0.25) is 0 Å². The van der Waals surface area contributed by atoms with E-state index < -0.39 is 5.97 Å². The molecule has 0 fully saturated rings. The lowest BCUT2D eigenvalue weighted by Crippen LogP contribution is -2.02. The Bertz CT molecular complexity index is 866. The number of hydrogen-bond acceptors (Lipinski definition) is 4. The Morgan fingerprint density at radius 2 is 2.00 bits per heavy atom. The number of para-hydroxylation sites is 2. The van der Waals surface area contributed by atoms with Crippen molar-refractivity contribution in [1.29, 1.82) is 0 Å². The Labute approximate surface area is 133 Å². The van der Waals surface area contributed by atoms with Gasteiger partial charge in [-0.15, -0.1) is 0 Å². The molecule has 2 N–H and O–H groups in total. The summed E-state index contributed by atoms with van der Waals surface area (Å²) in [6.07, 6.45) is 1.66. The van der Waals surface area contributed by atoms with Gasteiger partial charge in [-0.3, -0.25) is 5.43 Å². The van der Waals surface area contributed by atoms with Crippen molar-refractivity contribution in [2.24, 2.45) is 5.10 Å². The molecule has 0 spiro atoms. The summed E-state index contributed by atoms with van der Waals surface area (Å²) in [5, 5.41) is 13.1. The van der Waals surface area contributed by atoms with Crippen LogP contribution in [-0.4, -0.2) is 26.8 Å². The molecule has 3 aromatic rings. The molecule has 0 saturated heterocycles. The average molecular weight is 308 g/mol. The van der Waals surface area contributed by atoms with Crippen molar-refractivity contribution < 1.29 is 9.90 Å². The van der Waals surface area contributed by atoms with Crippen molar-refractivity contribution in [3.63, 3.8) is 0 Å². The quantitative estimate of drug-likeness (QED) is 0.560. The first-order valence-electron chi connectivity index (χ1n) is 7.26. The molecule has 23 heavy (non-hydrogen) atoms. The number of aromatic carboxylic acids is 1. The minimum atomic E-state index is -0.947. The molecule has 0 atom stereocenters. The Morgan fingerprint density at radius 1 is 1.26 bits per heavy atom. The molecular formula is C17H16N4O2. The SMILES string of the molecule is CCn1c(/C=N\Nc2ccc(C(=O)O)cc2)nc2ccccc21. The highest BCUT2D eigenvalue weighted by atomic mass is 16.4. The number of anilines is 1. The highest BCUT2D eigenvalue weighted by molar-refractivity contribution is 5.88. The molecular weight excluding hydrogens is 292 g/mol. The number of benzene rings is 2. The van der Waals surface area contributed by atoms with Crippen molar-refractivity contribution in [1.82, 2.24) is 9.55 Å². The third-order valence-electron chi connectivity index (χ3n) is 3.51. The molecule has 6 nitrogen and oxygen atoms in total. The number of aromatic nitrogens is 2. The summed E-state index contributed by atoms with van der Waals surface area (Å²) in [5.41, 5.74) is 5.84. The Hall–Kier alpha value is -3.15. The summed E-state index contributed by atoms with van der Waals surface area (Å²) >= 11 is 0. The lowest BCUT2D eigenvalue weighted by molar-refractivity contribution is 0.0697. The van der Waals surface area contributed by atoms with Gasteiger partial charge in [-0.1, -0.05) is 12.1 Å². The van der Waals surface area contributed by atoms with Gasteiger partial charge in [-0.2, -0.15) is 5.10 Å². The van der Waals surface area contributed by atoms with Crippen LogP contribution in [0.1, 0.15) is 23.1 Å². The van der Waals surface area contributed by atoms with Crippen LogP contribution in [0.25, 0.3) is 11.0 Å². The van der Waals surface area contributed by atoms with Gasteiger partial charge in [-0.25, -0.2) is 9.78 Å². The smallest absolute Gasteiger partial charge is 0.335 e. The third-order valence-corrected chi connectivity index (χ3v) is 3.51. The lowest BCUT2D eigenvalue weighted by atomic mass is 10.2. The molecule has 0 aliphatic heterocycles. The van der Waals surface area contributed by atoms with Gasteiger partial charge >= 0.3 is 5.97 Å². The van der Waals surface area contributed by atoms with Crippen LogP contribution in [0.2, 0.25) is 0 Å². The summed E-state index contributed by atoms with van der Waals surface area (Å²) in [7, 11) is 0. The van der Waals surface area contributed by atoms with Crippen LogP contribution in [0.15, 0.2) is 53.6 Å². The number of carboxylic acids is 1. The highest BCUT2D eigenvalue weighted by Crippen LogP contribution is 2.15. The van der Waals surface area contributed by atoms with Crippen LogP contribution in [0.3, 0.4) is 0 Å². The predicted octanol–water partition coefficient (Wildman–Crippen LogP) is 3.20. The summed E-state index contributed by atoms with van der Waals surface area (Å²) in [6, 6.07) is 14.3. The second-order valence-electron chi connectivity index (χ2n) is 4.96. The summed E-state index contributed by atoms with van der Waals surface area (Å²) < 4.78 is 2.08. The van der Waals surface area contributed by atoms with Crippen molar-refractivity contribution in [2.45, 2.75) is 13.5 Å². The number of nitrogens with one attached hydrogen (secondary N) is 1. The number of carboxylic acid groups (broad SMARTS) is 1. The standard InChI is InChI=1S/C17H16N4O2/c1-2-21-15-6-4-3-5-14(15)19-16(21)11-18-20-13-9-7-12(8-10-13)17(22)23/h3-11,20H,2H2,1H3,(H,22,23)/b18-11-. The molecule has 0 saturated carbocycles. The van der Waals surface area contributed by atoms with E-state index in [4.69, 9.17) is 5.11 Å². The number of fused-ring (bicyclic) bond motifs is 1. The van der Waals surface area contributed by atoms with Crippen LogP contribution in [0, 0.1) is 0 Å². The topological polar surface area (TPSA) is 79.5 Å². The maximum Gasteiger partial charge on any atom is 0.335 e. The number of hydrogen-bond donors (Lipinski definition) is 2. The second kappa shape index (κ2) is 6.31. The normalized spacial score (nSPS) is 11.2. The molecule has 6 heteroatoms. The number of carbonyl (C=O) groups is 1. The van der Waals surface area contributed by atoms with E-state index >= 15 is 0 Å². The average Bonchev–Trinajstić information content (AvgIpc) is 2.92. The fourth-order valence-corrected chi connectivity index (χ4v) is 2.38. The first-order valence-corrected chi connectivity index (χ1v) is 7.26. The number of imidazole rings is 1. The number of nitrogens with zero attached hydrogens (tertiary/aromatic N) is 3. The maximum absolute atomic E-state index is 10.8. The van der Waals surface area contributed by atoms with Crippen molar-refractivity contribution >= 4 is 28.9 Å². The van der Waals surface area contributed by atoms with Gasteiger partial charge < -0.3 is 9.67 Å². The molecule has 2 aromatic carbocycles. The predicted molar refractivity (Wildman–Crippen MR) is 90.0 cm³/mol. The first-order chi connectivity index (χ1) is 11.2. The zero-order chi connectivity index (χ0) is 16.2. The van der Waals surface area contributed by atoms with Gasteiger partial charge in [-0.05, 0) is 43.3 Å². The molecule has 0 aliphatic carbocycles. The van der Waals surface area contributed by atoms with Gasteiger partial charge in [0.1, 0.15) is 0 Å². The van der Waals surface area contributed by atoms with Crippen LogP contribution in [0.4, 0.5) is 5.69 Å². The van der Waals surface area contributed by atoms with Crippen molar-refractivity contribution in [2.75, 3.05) is 5.43 Å². The molecule has 1 aromatic heterocycles. The fourth-order valence-electron chi connectivity index (χ4n) is 2.38. The Morgan fingerprint density at radius 3 is 2.70 bits per heavy atom. The molecule has 3 rings (SSSR count). The zero-order valence-corrected chi connectivity index (χ0v) is 12.6. The van der Waals surface area contributed by atoms with Crippen LogP contribution >= 0.6 is 0 Å². The number of rotatable bonds is 5. The molecule has 0 amide bonds. The van der Waals surface area contributed by atoms with Crippen LogP contribution < -0.4 is 5.43 Å². The molecule has 0 radical (unpaired) electrons. The fraction of sp³-hybridized carbons (Fsp3) is 0.118. The van der Waals surface area contributed by atoms with E-state index in [1.54, 1.807) is 18.3 Å². The Balaban J connectivity index is 1.79. The van der Waals surface area contributed by atoms with E-state index in [1.807, 2.05) is 24.3 Å².